The molecule has 3 nitrogen and oxygen atoms in total. The predicted octanol–water partition coefficient (Wildman–Crippen LogP) is 2.85. The molecule has 1 aliphatic rings. The molecule has 1 fully saturated rings. The first-order valence-electron chi connectivity index (χ1n) is 6.80. The van der Waals surface area contributed by atoms with Crippen LogP contribution < -0.4 is 10.6 Å². The van der Waals surface area contributed by atoms with E-state index in [0.717, 1.165) is 12.8 Å². The lowest BCUT2D eigenvalue weighted by Gasteiger charge is -2.23. The molecule has 0 radical (unpaired) electrons. The number of amides is 1. The molecule has 1 saturated carbocycles. The van der Waals surface area contributed by atoms with E-state index >= 15 is 0 Å². The number of hydrogen-bond donors (Lipinski definition) is 2. The van der Waals surface area contributed by atoms with Gasteiger partial charge in [-0.05, 0) is 42.2 Å². The first-order chi connectivity index (χ1) is 8.75. The second-order valence-corrected chi connectivity index (χ2v) is 5.84. The molecule has 0 spiro atoms. The number of nitrogens with one attached hydrogen (secondary N) is 2. The van der Waals surface area contributed by atoms with Crippen molar-refractivity contribution in [3.63, 3.8) is 0 Å². The van der Waals surface area contributed by atoms with Crippen molar-refractivity contribution in [2.45, 2.75) is 51.1 Å². The highest BCUT2D eigenvalue weighted by molar-refractivity contribution is 7.07. The minimum absolute atomic E-state index is 0.129. The fraction of sp³-hybridized carbons (Fsp3) is 0.643. The molecule has 1 aromatic rings. The summed E-state index contributed by atoms with van der Waals surface area (Å²) in [5, 5.41) is 10.6. The summed E-state index contributed by atoms with van der Waals surface area (Å²) in [6, 6.07) is 2.75. The Morgan fingerprint density at radius 1 is 1.44 bits per heavy atom. The van der Waals surface area contributed by atoms with Gasteiger partial charge in [-0.1, -0.05) is 19.3 Å². The van der Waals surface area contributed by atoms with Gasteiger partial charge in [-0.3, -0.25) is 4.79 Å². The van der Waals surface area contributed by atoms with Crippen molar-refractivity contribution in [1.82, 2.24) is 10.6 Å². The lowest BCUT2D eigenvalue weighted by atomic mass is 9.95. The van der Waals surface area contributed by atoms with Gasteiger partial charge < -0.3 is 10.6 Å². The number of carbonyl (C=O) groups is 1. The summed E-state index contributed by atoms with van der Waals surface area (Å²) in [4.78, 5) is 11.8. The van der Waals surface area contributed by atoms with E-state index in [1.54, 1.807) is 11.3 Å². The summed E-state index contributed by atoms with van der Waals surface area (Å²) in [5.41, 5.74) is 1.26. The predicted molar refractivity (Wildman–Crippen MR) is 75.8 cm³/mol. The van der Waals surface area contributed by atoms with E-state index in [-0.39, 0.29) is 11.9 Å². The smallest absolute Gasteiger partial charge is 0.234 e. The van der Waals surface area contributed by atoms with Crippen LogP contribution in [-0.4, -0.2) is 18.5 Å². The molecule has 1 heterocycles. The van der Waals surface area contributed by atoms with Gasteiger partial charge in [-0.15, -0.1) is 0 Å². The van der Waals surface area contributed by atoms with Crippen LogP contribution >= 0.6 is 11.3 Å². The van der Waals surface area contributed by atoms with Crippen molar-refractivity contribution in [1.29, 1.82) is 0 Å². The molecule has 4 heteroatoms. The molecule has 100 valence electrons. The Kier molecular flexibility index (Phi) is 5.20. The largest absolute Gasteiger partial charge is 0.352 e. The minimum Gasteiger partial charge on any atom is -0.352 e. The van der Waals surface area contributed by atoms with Gasteiger partial charge in [0.15, 0.2) is 0 Å². The Bertz CT molecular complexity index is 358. The highest BCUT2D eigenvalue weighted by atomic mass is 32.1. The van der Waals surface area contributed by atoms with Crippen LogP contribution in [0.5, 0.6) is 0 Å². The van der Waals surface area contributed by atoms with Gasteiger partial charge in [0.25, 0.3) is 0 Å². The van der Waals surface area contributed by atoms with Crippen LogP contribution in [0.25, 0.3) is 0 Å². The molecule has 0 aliphatic heterocycles. The van der Waals surface area contributed by atoms with Gasteiger partial charge in [-0.2, -0.15) is 11.3 Å². The standard InChI is InChI=1S/C14H22N2OS/c1-11(12-7-8-18-10-12)15-9-14(17)16-13-5-3-2-4-6-13/h7-8,10-11,13,15H,2-6,9H2,1H3,(H,16,17). The van der Waals surface area contributed by atoms with Gasteiger partial charge in [0.2, 0.25) is 5.91 Å². The van der Waals surface area contributed by atoms with Crippen molar-refractivity contribution < 1.29 is 4.79 Å². The van der Waals surface area contributed by atoms with Gasteiger partial charge in [0.1, 0.15) is 0 Å². The molecule has 18 heavy (non-hydrogen) atoms. The third-order valence-electron chi connectivity index (χ3n) is 3.58. The second-order valence-electron chi connectivity index (χ2n) is 5.06. The highest BCUT2D eigenvalue weighted by Gasteiger charge is 2.16. The highest BCUT2D eigenvalue weighted by Crippen LogP contribution is 2.17. The zero-order chi connectivity index (χ0) is 12.8. The molecule has 1 aromatic heterocycles. The normalized spacial score (nSPS) is 18.5. The summed E-state index contributed by atoms with van der Waals surface area (Å²) >= 11 is 1.69. The van der Waals surface area contributed by atoms with Crippen molar-refractivity contribution >= 4 is 17.2 Å². The molecular formula is C14H22N2OS. The molecule has 2 rings (SSSR count). The van der Waals surface area contributed by atoms with E-state index < -0.39 is 0 Å². The molecule has 1 unspecified atom stereocenters. The Hall–Kier alpha value is -0.870. The van der Waals surface area contributed by atoms with E-state index in [0.29, 0.717) is 12.6 Å². The topological polar surface area (TPSA) is 41.1 Å². The van der Waals surface area contributed by atoms with Crippen molar-refractivity contribution in [2.24, 2.45) is 0 Å². The fourth-order valence-corrected chi connectivity index (χ4v) is 3.16. The number of carbonyl (C=O) groups excluding carboxylic acids is 1. The maximum atomic E-state index is 11.8. The summed E-state index contributed by atoms with van der Waals surface area (Å²) in [7, 11) is 0. The van der Waals surface area contributed by atoms with E-state index in [9.17, 15) is 4.79 Å². The Balaban J connectivity index is 1.68. The van der Waals surface area contributed by atoms with E-state index in [2.05, 4.69) is 34.4 Å². The van der Waals surface area contributed by atoms with Crippen LogP contribution in [0, 0.1) is 0 Å². The molecule has 0 bridgehead atoms. The quantitative estimate of drug-likeness (QED) is 0.860. The number of hydrogen-bond acceptors (Lipinski definition) is 3. The number of rotatable bonds is 5. The third-order valence-corrected chi connectivity index (χ3v) is 4.28. The zero-order valence-electron chi connectivity index (χ0n) is 10.9. The average Bonchev–Trinajstić information content (AvgIpc) is 2.91. The minimum atomic E-state index is 0.129. The van der Waals surface area contributed by atoms with Crippen molar-refractivity contribution in [2.75, 3.05) is 6.54 Å². The summed E-state index contributed by atoms with van der Waals surface area (Å²) < 4.78 is 0. The van der Waals surface area contributed by atoms with Gasteiger partial charge in [0, 0.05) is 12.1 Å². The first-order valence-corrected chi connectivity index (χ1v) is 7.75. The van der Waals surface area contributed by atoms with Crippen LogP contribution in [0.2, 0.25) is 0 Å². The lowest BCUT2D eigenvalue weighted by molar-refractivity contribution is -0.121. The average molecular weight is 266 g/mol. The molecule has 2 N–H and O–H groups in total. The van der Waals surface area contributed by atoms with Gasteiger partial charge >= 0.3 is 0 Å². The summed E-state index contributed by atoms with van der Waals surface area (Å²) in [6.45, 7) is 2.50. The van der Waals surface area contributed by atoms with E-state index in [1.165, 1.54) is 24.8 Å². The molecule has 1 aliphatic carbocycles. The van der Waals surface area contributed by atoms with Crippen LogP contribution in [0.15, 0.2) is 16.8 Å². The monoisotopic (exact) mass is 266 g/mol. The second kappa shape index (κ2) is 6.90. The van der Waals surface area contributed by atoms with Gasteiger partial charge in [0.05, 0.1) is 6.54 Å². The van der Waals surface area contributed by atoms with Crippen LogP contribution in [0.4, 0.5) is 0 Å². The molecule has 1 atom stereocenters. The van der Waals surface area contributed by atoms with Crippen molar-refractivity contribution in [3.8, 4) is 0 Å². The lowest BCUT2D eigenvalue weighted by Crippen LogP contribution is -2.41. The zero-order valence-corrected chi connectivity index (χ0v) is 11.8. The van der Waals surface area contributed by atoms with Crippen molar-refractivity contribution in [3.05, 3.63) is 22.4 Å². The third kappa shape index (κ3) is 4.10. The van der Waals surface area contributed by atoms with Crippen LogP contribution in [0.1, 0.15) is 50.6 Å². The Morgan fingerprint density at radius 3 is 2.89 bits per heavy atom. The molecule has 1 amide bonds. The molecule has 0 aromatic carbocycles. The van der Waals surface area contributed by atoms with Crippen LogP contribution in [0.3, 0.4) is 0 Å². The molecular weight excluding hydrogens is 244 g/mol. The maximum absolute atomic E-state index is 11.8. The summed E-state index contributed by atoms with van der Waals surface area (Å²) in [6.07, 6.45) is 6.12. The van der Waals surface area contributed by atoms with Crippen LogP contribution in [-0.2, 0) is 4.79 Å². The molecule has 0 saturated heterocycles. The summed E-state index contributed by atoms with van der Waals surface area (Å²) in [5.74, 6) is 0.129. The Labute approximate surface area is 113 Å². The fourth-order valence-electron chi connectivity index (χ4n) is 2.41. The van der Waals surface area contributed by atoms with E-state index in [4.69, 9.17) is 0 Å². The number of thiophene rings is 1. The maximum Gasteiger partial charge on any atom is 0.234 e. The van der Waals surface area contributed by atoms with Gasteiger partial charge in [-0.25, -0.2) is 0 Å². The Morgan fingerprint density at radius 2 is 2.22 bits per heavy atom. The first kappa shape index (κ1) is 13.6. The van der Waals surface area contributed by atoms with E-state index in [1.807, 2.05) is 0 Å². The SMILES string of the molecule is CC(NCC(=O)NC1CCCCC1)c1ccsc1.